The van der Waals surface area contributed by atoms with Crippen LogP contribution in [0.3, 0.4) is 0 Å². The molecule has 0 aliphatic carbocycles. The number of hydrogen-bond acceptors (Lipinski definition) is 3. The minimum atomic E-state index is -4.60. The van der Waals surface area contributed by atoms with Gasteiger partial charge in [0.2, 0.25) is 5.91 Å². The predicted octanol–water partition coefficient (Wildman–Crippen LogP) is 5.16. The van der Waals surface area contributed by atoms with Gasteiger partial charge in [0, 0.05) is 29.7 Å². The van der Waals surface area contributed by atoms with Crippen molar-refractivity contribution in [3.8, 4) is 0 Å². The number of alkyl halides is 3. The first-order chi connectivity index (χ1) is 14.2. The number of nitrogens with one attached hydrogen (secondary N) is 1. The van der Waals surface area contributed by atoms with Crippen LogP contribution in [-0.4, -0.2) is 48.4 Å². The molecule has 3 rings (SSSR count). The number of anilines is 1. The van der Waals surface area contributed by atoms with E-state index in [4.69, 9.17) is 23.2 Å². The predicted molar refractivity (Wildman–Crippen MR) is 113 cm³/mol. The Morgan fingerprint density at radius 2 is 1.57 bits per heavy atom. The molecule has 0 unspecified atom stereocenters. The molecule has 2 aromatic rings. The van der Waals surface area contributed by atoms with Crippen LogP contribution >= 0.6 is 23.2 Å². The van der Waals surface area contributed by atoms with Crippen LogP contribution in [0.4, 0.5) is 18.9 Å². The average molecular weight is 460 g/mol. The number of halogens is 5. The average Bonchev–Trinajstić information content (AvgIpc) is 2.89. The van der Waals surface area contributed by atoms with Crippen LogP contribution in [0.1, 0.15) is 17.5 Å². The molecule has 2 aromatic carbocycles. The third-order valence-corrected chi connectivity index (χ3v) is 5.42. The SMILES string of the molecule is O=C(CN1CCCN(Cc2ccc(Cl)cc2)CC1)Nc1ccc(Cl)cc1C(F)(F)F. The number of hydrogen-bond donors (Lipinski definition) is 1. The van der Waals surface area contributed by atoms with E-state index < -0.39 is 17.6 Å². The molecule has 0 spiro atoms. The second-order valence-corrected chi connectivity index (χ2v) is 8.14. The molecule has 1 fully saturated rings. The second-order valence-electron chi connectivity index (χ2n) is 7.27. The van der Waals surface area contributed by atoms with Crippen LogP contribution in [0, 0.1) is 0 Å². The van der Waals surface area contributed by atoms with Gasteiger partial charge in [0.15, 0.2) is 0 Å². The third kappa shape index (κ3) is 6.60. The molecule has 0 saturated carbocycles. The lowest BCUT2D eigenvalue weighted by Gasteiger charge is -2.22. The Morgan fingerprint density at radius 3 is 2.27 bits per heavy atom. The number of rotatable bonds is 5. The Bertz CT molecular complexity index is 875. The molecular formula is C21H22Cl2F3N3O. The highest BCUT2D eigenvalue weighted by atomic mass is 35.5. The quantitative estimate of drug-likeness (QED) is 0.670. The second kappa shape index (κ2) is 10.0. The third-order valence-electron chi connectivity index (χ3n) is 4.93. The van der Waals surface area contributed by atoms with Gasteiger partial charge >= 0.3 is 6.18 Å². The molecule has 1 saturated heterocycles. The van der Waals surface area contributed by atoms with Crippen molar-refractivity contribution in [2.24, 2.45) is 0 Å². The van der Waals surface area contributed by atoms with Crippen LogP contribution in [0.5, 0.6) is 0 Å². The molecule has 9 heteroatoms. The van der Waals surface area contributed by atoms with Gasteiger partial charge in [0.05, 0.1) is 17.8 Å². The largest absolute Gasteiger partial charge is 0.418 e. The van der Waals surface area contributed by atoms with Crippen LogP contribution in [-0.2, 0) is 17.5 Å². The van der Waals surface area contributed by atoms with E-state index in [-0.39, 0.29) is 17.3 Å². The summed E-state index contributed by atoms with van der Waals surface area (Å²) in [5, 5.41) is 3.04. The van der Waals surface area contributed by atoms with E-state index in [0.29, 0.717) is 18.1 Å². The Hall–Kier alpha value is -1.80. The maximum atomic E-state index is 13.2. The molecule has 1 amide bonds. The van der Waals surface area contributed by atoms with Gasteiger partial charge in [-0.15, -0.1) is 0 Å². The van der Waals surface area contributed by atoms with Crippen molar-refractivity contribution in [1.29, 1.82) is 0 Å². The summed E-state index contributed by atoms with van der Waals surface area (Å²) in [5.41, 5.74) is -0.0718. The zero-order chi connectivity index (χ0) is 21.7. The van der Waals surface area contributed by atoms with E-state index in [0.717, 1.165) is 37.7 Å². The molecule has 1 aliphatic rings. The van der Waals surface area contributed by atoms with Gasteiger partial charge < -0.3 is 5.32 Å². The van der Waals surface area contributed by atoms with Gasteiger partial charge in [-0.1, -0.05) is 35.3 Å². The van der Waals surface area contributed by atoms with Crippen molar-refractivity contribution in [2.75, 3.05) is 38.0 Å². The summed E-state index contributed by atoms with van der Waals surface area (Å²) in [6.07, 6.45) is -3.73. The Labute approximate surface area is 183 Å². The molecule has 0 atom stereocenters. The maximum absolute atomic E-state index is 13.2. The summed E-state index contributed by atoms with van der Waals surface area (Å²) in [7, 11) is 0. The van der Waals surface area contributed by atoms with Crippen molar-refractivity contribution >= 4 is 34.8 Å². The van der Waals surface area contributed by atoms with E-state index >= 15 is 0 Å². The highest BCUT2D eigenvalue weighted by Gasteiger charge is 2.34. The van der Waals surface area contributed by atoms with E-state index in [9.17, 15) is 18.0 Å². The minimum absolute atomic E-state index is 0.0337. The fourth-order valence-corrected chi connectivity index (χ4v) is 3.74. The summed E-state index contributed by atoms with van der Waals surface area (Å²) in [6, 6.07) is 11.0. The van der Waals surface area contributed by atoms with Gasteiger partial charge in [0.1, 0.15) is 0 Å². The van der Waals surface area contributed by atoms with Crippen molar-refractivity contribution in [2.45, 2.75) is 19.1 Å². The lowest BCUT2D eigenvalue weighted by Crippen LogP contribution is -2.36. The highest BCUT2D eigenvalue weighted by molar-refractivity contribution is 6.31. The summed E-state index contributed by atoms with van der Waals surface area (Å²) < 4.78 is 39.6. The zero-order valence-electron chi connectivity index (χ0n) is 16.2. The van der Waals surface area contributed by atoms with E-state index in [1.54, 1.807) is 0 Å². The molecule has 1 aliphatic heterocycles. The first kappa shape index (κ1) is 22.9. The molecular weight excluding hydrogens is 438 g/mol. The molecule has 30 heavy (non-hydrogen) atoms. The number of nitrogens with zero attached hydrogens (tertiary/aromatic N) is 2. The first-order valence-electron chi connectivity index (χ1n) is 9.56. The first-order valence-corrected chi connectivity index (χ1v) is 10.3. The smallest absolute Gasteiger partial charge is 0.324 e. The molecule has 0 bridgehead atoms. The topological polar surface area (TPSA) is 35.6 Å². The zero-order valence-corrected chi connectivity index (χ0v) is 17.7. The monoisotopic (exact) mass is 459 g/mol. The molecule has 1 heterocycles. The number of amides is 1. The Kier molecular flexibility index (Phi) is 7.63. The minimum Gasteiger partial charge on any atom is -0.324 e. The number of carbonyl (C=O) groups is 1. The lowest BCUT2D eigenvalue weighted by molar-refractivity contribution is -0.137. The van der Waals surface area contributed by atoms with Crippen LogP contribution in [0.2, 0.25) is 10.0 Å². The number of carbonyl (C=O) groups excluding carboxylic acids is 1. The highest BCUT2D eigenvalue weighted by Crippen LogP contribution is 2.36. The normalized spacial score (nSPS) is 16.3. The van der Waals surface area contributed by atoms with Gasteiger partial charge in [-0.3, -0.25) is 14.6 Å². The molecule has 162 valence electrons. The Balaban J connectivity index is 1.55. The van der Waals surface area contributed by atoms with Gasteiger partial charge in [0.25, 0.3) is 0 Å². The van der Waals surface area contributed by atoms with Crippen molar-refractivity contribution in [1.82, 2.24) is 9.80 Å². The van der Waals surface area contributed by atoms with Crippen LogP contribution < -0.4 is 5.32 Å². The summed E-state index contributed by atoms with van der Waals surface area (Å²) in [4.78, 5) is 16.6. The number of benzene rings is 2. The van der Waals surface area contributed by atoms with Gasteiger partial charge in [-0.25, -0.2) is 0 Å². The fourth-order valence-electron chi connectivity index (χ4n) is 3.44. The van der Waals surface area contributed by atoms with E-state index in [1.165, 1.54) is 12.1 Å². The van der Waals surface area contributed by atoms with Crippen molar-refractivity contribution in [3.63, 3.8) is 0 Å². The van der Waals surface area contributed by atoms with Crippen molar-refractivity contribution in [3.05, 3.63) is 63.6 Å². The maximum Gasteiger partial charge on any atom is 0.418 e. The Morgan fingerprint density at radius 1 is 0.933 bits per heavy atom. The molecule has 4 nitrogen and oxygen atoms in total. The van der Waals surface area contributed by atoms with E-state index in [1.807, 2.05) is 29.2 Å². The summed E-state index contributed by atoms with van der Waals surface area (Å²) in [6.45, 7) is 3.84. The van der Waals surface area contributed by atoms with Gasteiger partial charge in [-0.2, -0.15) is 13.2 Å². The van der Waals surface area contributed by atoms with Crippen LogP contribution in [0.15, 0.2) is 42.5 Å². The summed E-state index contributed by atoms with van der Waals surface area (Å²) in [5.74, 6) is -0.478. The van der Waals surface area contributed by atoms with Gasteiger partial charge in [-0.05, 0) is 55.4 Å². The van der Waals surface area contributed by atoms with E-state index in [2.05, 4.69) is 10.2 Å². The molecule has 0 aromatic heterocycles. The fraction of sp³-hybridized carbons (Fsp3) is 0.381. The van der Waals surface area contributed by atoms with Crippen molar-refractivity contribution < 1.29 is 18.0 Å². The molecule has 0 radical (unpaired) electrons. The molecule has 1 N–H and O–H groups in total. The summed E-state index contributed by atoms with van der Waals surface area (Å²) >= 11 is 11.6. The standard InChI is InChI=1S/C21H22Cl2F3N3O/c22-16-4-2-15(3-5-16)13-28-8-1-9-29(11-10-28)14-20(30)27-19-7-6-17(23)12-18(19)21(24,25)26/h2-7,12H,1,8-11,13-14H2,(H,27,30). The van der Waals surface area contributed by atoms with Crippen LogP contribution in [0.25, 0.3) is 0 Å². The lowest BCUT2D eigenvalue weighted by atomic mass is 10.1.